The second kappa shape index (κ2) is 16.3. The summed E-state index contributed by atoms with van der Waals surface area (Å²) in [6, 6.07) is 13.7. The van der Waals surface area contributed by atoms with Gasteiger partial charge in [-0.25, -0.2) is 4.79 Å². The van der Waals surface area contributed by atoms with Gasteiger partial charge in [0.1, 0.15) is 18.1 Å². The summed E-state index contributed by atoms with van der Waals surface area (Å²) in [5.41, 5.74) is 4.30. The number of nitrogens with zero attached hydrogens (tertiary/aromatic N) is 2. The highest BCUT2D eigenvalue weighted by Crippen LogP contribution is 2.37. The van der Waals surface area contributed by atoms with Crippen molar-refractivity contribution in [1.29, 1.82) is 0 Å². The predicted octanol–water partition coefficient (Wildman–Crippen LogP) is 6.54. The first-order valence-corrected chi connectivity index (χ1v) is 17.0. The first-order valence-electron chi connectivity index (χ1n) is 17.0. The van der Waals surface area contributed by atoms with Crippen LogP contribution in [-0.2, 0) is 11.3 Å². The number of carbonyl (C=O) groups excluding carboxylic acids is 1. The first-order chi connectivity index (χ1) is 23.3. The van der Waals surface area contributed by atoms with Crippen LogP contribution >= 0.6 is 0 Å². The van der Waals surface area contributed by atoms with Gasteiger partial charge in [-0.15, -0.1) is 0 Å². The van der Waals surface area contributed by atoms with Crippen molar-refractivity contribution in [3.8, 4) is 22.6 Å². The van der Waals surface area contributed by atoms with E-state index < -0.39 is 11.6 Å². The zero-order valence-electron chi connectivity index (χ0n) is 30.1. The van der Waals surface area contributed by atoms with Crippen LogP contribution in [0.3, 0.4) is 0 Å². The molecule has 3 aromatic rings. The zero-order valence-corrected chi connectivity index (χ0v) is 30.1. The third-order valence-electron chi connectivity index (χ3n) is 9.30. The highest BCUT2D eigenvalue weighted by Gasteiger charge is 2.37. The second-order valence-corrected chi connectivity index (χ2v) is 13.6. The minimum absolute atomic E-state index is 0.000505. The van der Waals surface area contributed by atoms with Crippen molar-refractivity contribution in [1.82, 2.24) is 15.2 Å². The predicted molar refractivity (Wildman–Crippen MR) is 192 cm³/mol. The molecule has 266 valence electrons. The van der Waals surface area contributed by atoms with Gasteiger partial charge in [0.05, 0.1) is 25.8 Å². The Balaban J connectivity index is 1.68. The smallest absolute Gasteiger partial charge is 0.407 e. The van der Waals surface area contributed by atoms with Gasteiger partial charge in [-0.2, -0.15) is 0 Å². The van der Waals surface area contributed by atoms with E-state index in [0.29, 0.717) is 42.3 Å². The summed E-state index contributed by atoms with van der Waals surface area (Å²) < 4.78 is 16.3. The number of aromatic amines is 1. The molecule has 1 saturated carbocycles. The molecule has 0 unspecified atom stereocenters. The van der Waals surface area contributed by atoms with E-state index in [9.17, 15) is 19.5 Å². The summed E-state index contributed by atoms with van der Waals surface area (Å²) in [5.74, 6) is 0.839. The molecule has 0 spiro atoms. The quantitative estimate of drug-likeness (QED) is 0.174. The molecule has 0 bridgehead atoms. The number of aromatic nitrogens is 1. The van der Waals surface area contributed by atoms with E-state index in [1.54, 1.807) is 25.0 Å². The maximum absolute atomic E-state index is 13.9. The van der Waals surface area contributed by atoms with Crippen molar-refractivity contribution in [2.75, 3.05) is 38.9 Å². The van der Waals surface area contributed by atoms with Crippen molar-refractivity contribution in [3.05, 3.63) is 75.2 Å². The van der Waals surface area contributed by atoms with Crippen molar-refractivity contribution in [2.45, 2.75) is 91.4 Å². The van der Waals surface area contributed by atoms with Crippen LogP contribution in [0.2, 0.25) is 0 Å². The van der Waals surface area contributed by atoms with E-state index >= 15 is 0 Å². The lowest BCUT2D eigenvalue weighted by Gasteiger charge is -2.45. The third kappa shape index (κ3) is 8.94. The molecule has 2 amide bonds. The Morgan fingerprint density at radius 2 is 1.61 bits per heavy atom. The van der Waals surface area contributed by atoms with Crippen LogP contribution in [0.25, 0.3) is 11.1 Å². The van der Waals surface area contributed by atoms with E-state index in [0.717, 1.165) is 53.8 Å². The summed E-state index contributed by atoms with van der Waals surface area (Å²) in [6.07, 6.45) is 2.28. The average molecular weight is 677 g/mol. The number of carboxylic acid groups (broad SMARTS) is 1. The number of pyridine rings is 1. The summed E-state index contributed by atoms with van der Waals surface area (Å²) in [5, 5.41) is 13.0. The summed E-state index contributed by atoms with van der Waals surface area (Å²) in [4.78, 5) is 45.6. The molecule has 2 aromatic carbocycles. The Morgan fingerprint density at radius 1 is 0.959 bits per heavy atom. The molecule has 49 heavy (non-hydrogen) atoms. The van der Waals surface area contributed by atoms with Gasteiger partial charge in [0.25, 0.3) is 11.5 Å². The molecular formula is C38H52N4O7. The minimum Gasteiger partial charge on any atom is -0.496 e. The van der Waals surface area contributed by atoms with Gasteiger partial charge in [0, 0.05) is 48.2 Å². The Labute approximate surface area is 289 Å². The van der Waals surface area contributed by atoms with Crippen LogP contribution < -0.4 is 25.2 Å². The number of nitrogens with one attached hydrogen (secondary N) is 2. The number of benzene rings is 2. The number of amides is 2. The van der Waals surface area contributed by atoms with Gasteiger partial charge in [0.2, 0.25) is 0 Å². The van der Waals surface area contributed by atoms with Gasteiger partial charge >= 0.3 is 6.09 Å². The zero-order chi connectivity index (χ0) is 35.9. The topological polar surface area (TPSA) is 133 Å². The average Bonchev–Trinajstić information content (AvgIpc) is 3.05. The molecular weight excluding hydrogens is 624 g/mol. The van der Waals surface area contributed by atoms with Gasteiger partial charge in [0.15, 0.2) is 0 Å². The molecule has 0 radical (unpaired) electrons. The maximum Gasteiger partial charge on any atom is 0.407 e. The third-order valence-corrected chi connectivity index (χ3v) is 9.30. The van der Waals surface area contributed by atoms with Gasteiger partial charge in [-0.1, -0.05) is 12.1 Å². The maximum atomic E-state index is 13.9. The van der Waals surface area contributed by atoms with Crippen molar-refractivity contribution in [3.63, 3.8) is 0 Å². The summed E-state index contributed by atoms with van der Waals surface area (Å²) in [6.45, 7) is 13.3. The van der Waals surface area contributed by atoms with Gasteiger partial charge in [-0.05, 0) is 114 Å². The van der Waals surface area contributed by atoms with E-state index in [1.807, 2.05) is 58.0 Å². The molecule has 11 heteroatoms. The van der Waals surface area contributed by atoms with Crippen LogP contribution in [0, 0.1) is 13.8 Å². The lowest BCUT2D eigenvalue weighted by Crippen LogP contribution is -2.53. The van der Waals surface area contributed by atoms with E-state index in [1.165, 1.54) is 7.11 Å². The van der Waals surface area contributed by atoms with E-state index in [2.05, 4.69) is 28.2 Å². The Morgan fingerprint density at radius 3 is 2.18 bits per heavy atom. The number of ether oxygens (including phenoxy) is 3. The largest absolute Gasteiger partial charge is 0.496 e. The van der Waals surface area contributed by atoms with Crippen LogP contribution in [0.1, 0.15) is 80.6 Å². The number of H-pyrrole nitrogens is 1. The molecule has 4 rings (SSSR count). The molecule has 3 N–H and O–H groups in total. The molecule has 1 aliphatic rings. The molecule has 1 aromatic heterocycles. The second-order valence-electron chi connectivity index (χ2n) is 13.6. The van der Waals surface area contributed by atoms with Crippen molar-refractivity contribution < 1.29 is 28.9 Å². The lowest BCUT2D eigenvalue weighted by molar-refractivity contribution is 0.0545. The van der Waals surface area contributed by atoms with Crippen LogP contribution in [0.5, 0.6) is 11.5 Å². The van der Waals surface area contributed by atoms with Crippen molar-refractivity contribution in [2.24, 2.45) is 0 Å². The number of rotatable bonds is 13. The molecule has 1 aliphatic carbocycles. The number of methoxy groups -OCH3 is 2. The fourth-order valence-corrected chi connectivity index (χ4v) is 6.93. The molecule has 11 nitrogen and oxygen atoms in total. The molecule has 0 saturated heterocycles. The fourth-order valence-electron chi connectivity index (χ4n) is 6.93. The number of hydrogen-bond donors (Lipinski definition) is 3. The van der Waals surface area contributed by atoms with Crippen LogP contribution in [0.4, 0.5) is 10.5 Å². The highest BCUT2D eigenvalue weighted by molar-refractivity contribution is 5.99. The summed E-state index contributed by atoms with van der Waals surface area (Å²) >= 11 is 0. The molecule has 1 fully saturated rings. The number of aryl methyl sites for hydroxylation is 1. The van der Waals surface area contributed by atoms with Gasteiger partial charge in [-0.3, -0.25) is 9.59 Å². The monoisotopic (exact) mass is 676 g/mol. The molecule has 0 atom stereocenters. The normalized spacial score (nSPS) is 16.2. The van der Waals surface area contributed by atoms with Crippen LogP contribution in [-0.4, -0.2) is 78.6 Å². The minimum atomic E-state index is -0.886. The van der Waals surface area contributed by atoms with Crippen LogP contribution in [0.15, 0.2) is 47.3 Å². The SMILES string of the molecule is CCN(c1cc(-c2ccc(OCCOC)cc2)cc(C(=O)NCc2c(OC)cc(C)[nH]c2=O)c1C)C1CCC(N(C(=O)O)C(C)(C)C)CC1. The van der Waals surface area contributed by atoms with Gasteiger partial charge < -0.3 is 39.4 Å². The van der Waals surface area contributed by atoms with E-state index in [-0.39, 0.29) is 30.1 Å². The molecule has 0 aliphatic heterocycles. The van der Waals surface area contributed by atoms with Crippen molar-refractivity contribution >= 4 is 17.7 Å². The van der Waals surface area contributed by atoms with E-state index in [4.69, 9.17) is 14.2 Å². The summed E-state index contributed by atoms with van der Waals surface area (Å²) in [7, 11) is 3.13. The lowest BCUT2D eigenvalue weighted by atomic mass is 9.86. The Kier molecular flexibility index (Phi) is 12.4. The highest BCUT2D eigenvalue weighted by atomic mass is 16.5. The number of hydrogen-bond acceptors (Lipinski definition) is 7. The Bertz CT molecular complexity index is 1650. The Hall–Kier alpha value is -4.51. The first kappa shape index (κ1) is 37.3. The number of anilines is 1. The molecule has 1 heterocycles. The fraction of sp³-hybridized carbons (Fsp3) is 0.500. The number of carbonyl (C=O) groups is 2. The standard InChI is InChI=1S/C38H52N4O7/c1-9-41(28-12-14-29(15-13-28)42(37(45)46)38(4,5)6)33-22-27(26-10-16-30(17-11-26)49-19-18-47-7)21-31(25(33)3)35(43)39-23-32-34(48-8)20-24(2)40-36(32)44/h10-11,16-17,20-22,28-29H,9,12-15,18-19,23H2,1-8H3,(H,39,43)(H,40,44)(H,45,46).